The van der Waals surface area contributed by atoms with Gasteiger partial charge in [-0.15, -0.1) is 0 Å². The number of hydrogen-bond acceptors (Lipinski definition) is 4. The first kappa shape index (κ1) is 16.9. The first-order valence-electron chi connectivity index (χ1n) is 7.86. The predicted octanol–water partition coefficient (Wildman–Crippen LogP) is 0.722. The average Bonchev–Trinajstić information content (AvgIpc) is 2.54. The van der Waals surface area contributed by atoms with Crippen LogP contribution in [0.2, 0.25) is 0 Å². The molecule has 122 valence electrons. The number of nitrogens with one attached hydrogen (secondary N) is 2. The number of methoxy groups -OCH3 is 1. The molecule has 1 aliphatic rings. The van der Waals surface area contributed by atoms with Crippen LogP contribution in [0.5, 0.6) is 0 Å². The van der Waals surface area contributed by atoms with Crippen LogP contribution in [0.3, 0.4) is 0 Å². The van der Waals surface area contributed by atoms with Gasteiger partial charge in [0.2, 0.25) is 5.91 Å². The number of carbonyl (C=O) groups excluding carboxylic acids is 1. The number of rotatable bonds is 7. The first-order valence-corrected chi connectivity index (χ1v) is 7.86. The summed E-state index contributed by atoms with van der Waals surface area (Å²) in [5.74, 6) is -0.0111. The van der Waals surface area contributed by atoms with Crippen molar-refractivity contribution in [2.45, 2.75) is 25.4 Å². The van der Waals surface area contributed by atoms with E-state index < -0.39 is 11.5 Å². The van der Waals surface area contributed by atoms with Crippen LogP contribution < -0.4 is 10.6 Å². The summed E-state index contributed by atoms with van der Waals surface area (Å²) < 4.78 is 5.26. The lowest BCUT2D eigenvalue weighted by Crippen LogP contribution is -2.51. The van der Waals surface area contributed by atoms with Gasteiger partial charge in [0.25, 0.3) is 0 Å². The Kier molecular flexibility index (Phi) is 6.36. The number of carbonyl (C=O) groups is 1. The molecule has 1 aromatic carbocycles. The molecular formula is C17H26N2O3. The van der Waals surface area contributed by atoms with E-state index in [1.54, 1.807) is 7.11 Å². The summed E-state index contributed by atoms with van der Waals surface area (Å²) in [5, 5.41) is 16.3. The van der Waals surface area contributed by atoms with Crippen molar-refractivity contribution >= 4 is 5.91 Å². The molecule has 5 nitrogen and oxygen atoms in total. The molecule has 1 fully saturated rings. The van der Waals surface area contributed by atoms with Gasteiger partial charge in [0.1, 0.15) is 0 Å². The molecule has 1 atom stereocenters. The lowest BCUT2D eigenvalue weighted by molar-refractivity contribution is -0.136. The SMILES string of the molecule is COCC1(C(=O)NCC(O)Cc2ccccc2)CCNCC1. The normalized spacial score (nSPS) is 18.6. The van der Waals surface area contributed by atoms with Crippen molar-refractivity contribution in [1.29, 1.82) is 0 Å². The zero-order valence-corrected chi connectivity index (χ0v) is 13.2. The van der Waals surface area contributed by atoms with Crippen molar-refractivity contribution < 1.29 is 14.6 Å². The van der Waals surface area contributed by atoms with E-state index in [1.807, 2.05) is 30.3 Å². The topological polar surface area (TPSA) is 70.6 Å². The minimum atomic E-state index is -0.576. The number of amides is 1. The molecule has 22 heavy (non-hydrogen) atoms. The monoisotopic (exact) mass is 306 g/mol. The lowest BCUT2D eigenvalue weighted by atomic mass is 9.78. The van der Waals surface area contributed by atoms with Crippen LogP contribution in [-0.4, -0.2) is 50.5 Å². The Labute approximate surface area is 132 Å². The maximum atomic E-state index is 12.5. The smallest absolute Gasteiger partial charge is 0.228 e. The van der Waals surface area contributed by atoms with Gasteiger partial charge < -0.3 is 20.5 Å². The summed E-state index contributed by atoms with van der Waals surface area (Å²) in [6, 6.07) is 9.80. The highest BCUT2D eigenvalue weighted by molar-refractivity contribution is 5.83. The Morgan fingerprint density at radius 1 is 1.36 bits per heavy atom. The van der Waals surface area contributed by atoms with Gasteiger partial charge in [-0.25, -0.2) is 0 Å². The zero-order chi connectivity index (χ0) is 15.8. The van der Waals surface area contributed by atoms with Crippen LogP contribution >= 0.6 is 0 Å². The molecular weight excluding hydrogens is 280 g/mol. The van der Waals surface area contributed by atoms with Crippen molar-refractivity contribution in [2.75, 3.05) is 33.4 Å². The van der Waals surface area contributed by atoms with Gasteiger partial charge in [-0.05, 0) is 31.5 Å². The summed E-state index contributed by atoms with van der Waals surface area (Å²) in [6.45, 7) is 2.34. The molecule has 0 aliphatic carbocycles. The third-order valence-corrected chi connectivity index (χ3v) is 4.28. The van der Waals surface area contributed by atoms with E-state index >= 15 is 0 Å². The molecule has 0 spiro atoms. The maximum absolute atomic E-state index is 12.5. The number of hydrogen-bond donors (Lipinski definition) is 3. The molecule has 0 aromatic heterocycles. The molecule has 1 heterocycles. The number of aliphatic hydroxyl groups is 1. The number of ether oxygens (including phenoxy) is 1. The Morgan fingerprint density at radius 3 is 2.68 bits per heavy atom. The van der Waals surface area contributed by atoms with Crippen molar-refractivity contribution in [1.82, 2.24) is 10.6 Å². The second-order valence-corrected chi connectivity index (χ2v) is 6.02. The fraction of sp³-hybridized carbons (Fsp3) is 0.588. The molecule has 1 aromatic rings. The second-order valence-electron chi connectivity index (χ2n) is 6.02. The van der Waals surface area contributed by atoms with Gasteiger partial charge in [0.15, 0.2) is 0 Å². The van der Waals surface area contributed by atoms with E-state index in [2.05, 4.69) is 10.6 Å². The molecule has 0 bridgehead atoms. The number of piperidine rings is 1. The van der Waals surface area contributed by atoms with Crippen LogP contribution in [0.4, 0.5) is 0 Å². The minimum Gasteiger partial charge on any atom is -0.391 e. The van der Waals surface area contributed by atoms with Crippen LogP contribution in [0.25, 0.3) is 0 Å². The third kappa shape index (κ3) is 4.53. The van der Waals surface area contributed by atoms with Gasteiger partial charge in [-0.3, -0.25) is 4.79 Å². The second kappa shape index (κ2) is 8.27. The Bertz CT molecular complexity index is 453. The molecule has 2 rings (SSSR count). The highest BCUT2D eigenvalue weighted by atomic mass is 16.5. The number of benzene rings is 1. The van der Waals surface area contributed by atoms with Crippen molar-refractivity contribution in [3.63, 3.8) is 0 Å². The number of aliphatic hydroxyl groups excluding tert-OH is 1. The fourth-order valence-corrected chi connectivity index (χ4v) is 2.97. The van der Waals surface area contributed by atoms with Gasteiger partial charge in [-0.2, -0.15) is 0 Å². The van der Waals surface area contributed by atoms with Gasteiger partial charge in [0, 0.05) is 20.1 Å². The summed E-state index contributed by atoms with van der Waals surface area (Å²) in [4.78, 5) is 12.5. The lowest BCUT2D eigenvalue weighted by Gasteiger charge is -2.35. The zero-order valence-electron chi connectivity index (χ0n) is 13.2. The maximum Gasteiger partial charge on any atom is 0.228 e. The molecule has 3 N–H and O–H groups in total. The van der Waals surface area contributed by atoms with E-state index in [0.717, 1.165) is 31.5 Å². The van der Waals surface area contributed by atoms with Crippen molar-refractivity contribution in [3.8, 4) is 0 Å². The van der Waals surface area contributed by atoms with Crippen LogP contribution in [0.15, 0.2) is 30.3 Å². The van der Waals surface area contributed by atoms with Gasteiger partial charge in [0.05, 0.1) is 18.1 Å². The fourth-order valence-electron chi connectivity index (χ4n) is 2.97. The Hall–Kier alpha value is -1.43. The molecule has 0 saturated carbocycles. The van der Waals surface area contributed by atoms with E-state index in [1.165, 1.54) is 0 Å². The van der Waals surface area contributed by atoms with E-state index in [0.29, 0.717) is 13.0 Å². The van der Waals surface area contributed by atoms with Crippen LogP contribution in [-0.2, 0) is 16.0 Å². The highest BCUT2D eigenvalue weighted by Gasteiger charge is 2.39. The summed E-state index contributed by atoms with van der Waals surface area (Å²) in [5.41, 5.74) is 0.602. The first-order chi connectivity index (χ1) is 10.7. The standard InChI is InChI=1S/C17H26N2O3/c1-22-13-17(7-9-18-10-8-17)16(21)19-12-15(20)11-14-5-3-2-4-6-14/h2-6,15,18,20H,7-13H2,1H3,(H,19,21). The van der Waals surface area contributed by atoms with Crippen LogP contribution in [0.1, 0.15) is 18.4 Å². The van der Waals surface area contributed by atoms with Crippen LogP contribution in [0, 0.1) is 5.41 Å². The molecule has 5 heteroatoms. The average molecular weight is 306 g/mol. The van der Waals surface area contributed by atoms with E-state index in [-0.39, 0.29) is 12.5 Å². The van der Waals surface area contributed by atoms with Crippen molar-refractivity contribution in [3.05, 3.63) is 35.9 Å². The molecule has 1 amide bonds. The van der Waals surface area contributed by atoms with Crippen molar-refractivity contribution in [2.24, 2.45) is 5.41 Å². The quantitative estimate of drug-likeness (QED) is 0.694. The molecule has 0 radical (unpaired) electrons. The summed E-state index contributed by atoms with van der Waals surface area (Å²) >= 11 is 0. The largest absolute Gasteiger partial charge is 0.391 e. The summed E-state index contributed by atoms with van der Waals surface area (Å²) in [7, 11) is 1.63. The molecule has 1 saturated heterocycles. The minimum absolute atomic E-state index is 0.0111. The van der Waals surface area contributed by atoms with Gasteiger partial charge >= 0.3 is 0 Å². The molecule has 1 unspecified atom stereocenters. The third-order valence-electron chi connectivity index (χ3n) is 4.28. The van der Waals surface area contributed by atoms with E-state index in [4.69, 9.17) is 4.74 Å². The highest BCUT2D eigenvalue weighted by Crippen LogP contribution is 2.29. The molecule has 1 aliphatic heterocycles. The van der Waals surface area contributed by atoms with E-state index in [9.17, 15) is 9.90 Å². The predicted molar refractivity (Wildman–Crippen MR) is 85.6 cm³/mol. The van der Waals surface area contributed by atoms with Gasteiger partial charge in [-0.1, -0.05) is 30.3 Å². The Balaban J connectivity index is 1.85. The Morgan fingerprint density at radius 2 is 2.05 bits per heavy atom. The summed E-state index contributed by atoms with van der Waals surface area (Å²) in [6.07, 6.45) is 1.50.